The second-order valence-electron chi connectivity index (χ2n) is 4.60. The fourth-order valence-electron chi connectivity index (χ4n) is 2.32. The Balaban J connectivity index is 1.95. The Morgan fingerprint density at radius 3 is 2.84 bits per heavy atom. The Labute approximate surface area is 123 Å². The van der Waals surface area contributed by atoms with E-state index in [4.69, 9.17) is 0 Å². The molecule has 1 atom stereocenters. The number of hydrogen-bond acceptors (Lipinski definition) is 3. The summed E-state index contributed by atoms with van der Waals surface area (Å²) in [6, 6.07) is 7.62. The predicted octanol–water partition coefficient (Wildman–Crippen LogP) is 3.11. The molecule has 1 aliphatic rings. The van der Waals surface area contributed by atoms with Gasteiger partial charge in [-0.2, -0.15) is 0 Å². The topological polar surface area (TPSA) is 40.5 Å². The van der Waals surface area contributed by atoms with Crippen LogP contribution in [-0.2, 0) is 11.2 Å². The molecule has 19 heavy (non-hydrogen) atoms. The van der Waals surface area contributed by atoms with Gasteiger partial charge in [-0.15, -0.1) is 11.3 Å². The van der Waals surface area contributed by atoms with Gasteiger partial charge in [0.15, 0.2) is 0 Å². The third-order valence-corrected chi connectivity index (χ3v) is 4.92. The number of nitrogens with zero attached hydrogens (tertiary/aromatic N) is 1. The summed E-state index contributed by atoms with van der Waals surface area (Å²) in [5.41, 5.74) is 3.62. The molecular weight excluding hydrogens is 326 g/mol. The lowest BCUT2D eigenvalue weighted by molar-refractivity contribution is -0.117. The molecule has 0 saturated carbocycles. The summed E-state index contributed by atoms with van der Waals surface area (Å²) in [4.78, 5) is 13.3. The maximum Gasteiger partial charge on any atom is 0.231 e. The normalized spacial score (nSPS) is 15.7. The van der Waals surface area contributed by atoms with E-state index in [9.17, 15) is 9.90 Å². The van der Waals surface area contributed by atoms with Gasteiger partial charge < -0.3 is 10.0 Å². The lowest BCUT2D eigenvalue weighted by atomic mass is 10.0. The molecule has 5 heteroatoms. The molecule has 0 aliphatic carbocycles. The largest absolute Gasteiger partial charge is 0.384 e. The highest BCUT2D eigenvalue weighted by Gasteiger charge is 2.25. The van der Waals surface area contributed by atoms with Crippen LogP contribution in [0.5, 0.6) is 0 Å². The number of anilines is 1. The molecule has 1 aromatic heterocycles. The van der Waals surface area contributed by atoms with Crippen LogP contribution in [0.3, 0.4) is 0 Å². The molecule has 1 aromatic carbocycles. The molecular formula is C14H12BrNO2S. The minimum absolute atomic E-state index is 0.0971. The molecule has 2 aromatic rings. The monoisotopic (exact) mass is 337 g/mol. The van der Waals surface area contributed by atoms with Gasteiger partial charge in [-0.3, -0.25) is 4.79 Å². The van der Waals surface area contributed by atoms with Crippen molar-refractivity contribution in [3.05, 3.63) is 50.1 Å². The molecule has 1 unspecified atom stereocenters. The number of aliphatic hydroxyl groups excluding tert-OH is 1. The SMILES string of the molecule is CN1C(=O)Cc2cc(C(O)c3csc(Br)c3)ccc21. The Hall–Kier alpha value is -1.17. The molecule has 0 spiro atoms. The molecule has 2 heterocycles. The Kier molecular flexibility index (Phi) is 3.20. The van der Waals surface area contributed by atoms with Gasteiger partial charge in [-0.1, -0.05) is 12.1 Å². The van der Waals surface area contributed by atoms with Crippen molar-refractivity contribution < 1.29 is 9.90 Å². The van der Waals surface area contributed by atoms with E-state index >= 15 is 0 Å². The summed E-state index contributed by atoms with van der Waals surface area (Å²) >= 11 is 4.94. The Morgan fingerprint density at radius 1 is 1.37 bits per heavy atom. The minimum Gasteiger partial charge on any atom is -0.384 e. The van der Waals surface area contributed by atoms with Crippen LogP contribution in [-0.4, -0.2) is 18.1 Å². The average Bonchev–Trinajstić information content (AvgIpc) is 2.94. The quantitative estimate of drug-likeness (QED) is 0.914. The van der Waals surface area contributed by atoms with Gasteiger partial charge in [0.2, 0.25) is 5.91 Å². The molecule has 0 fully saturated rings. The standard InChI is InChI=1S/C14H12BrNO2S/c1-16-11-3-2-8(4-9(11)6-13(16)17)14(18)10-5-12(15)19-7-10/h2-5,7,14,18H,6H2,1H3. The summed E-state index contributed by atoms with van der Waals surface area (Å²) in [6.07, 6.45) is -0.228. The number of amides is 1. The number of aliphatic hydroxyl groups is 1. The van der Waals surface area contributed by atoms with Crippen LogP contribution in [0.15, 0.2) is 33.4 Å². The van der Waals surface area contributed by atoms with Crippen molar-refractivity contribution in [1.29, 1.82) is 0 Å². The van der Waals surface area contributed by atoms with Gasteiger partial charge >= 0.3 is 0 Å². The van der Waals surface area contributed by atoms with Gasteiger partial charge in [0.05, 0.1) is 10.2 Å². The lowest BCUT2D eigenvalue weighted by Crippen LogP contribution is -2.20. The Bertz CT molecular complexity index is 653. The third-order valence-electron chi connectivity index (χ3n) is 3.40. The summed E-state index contributed by atoms with van der Waals surface area (Å²) < 4.78 is 0.998. The van der Waals surface area contributed by atoms with Crippen LogP contribution in [0.25, 0.3) is 0 Å². The first kappa shape index (κ1) is 12.8. The molecule has 1 N–H and O–H groups in total. The number of carbonyl (C=O) groups is 1. The van der Waals surface area contributed by atoms with Crippen molar-refractivity contribution in [2.24, 2.45) is 0 Å². The van der Waals surface area contributed by atoms with E-state index in [0.29, 0.717) is 6.42 Å². The maximum atomic E-state index is 11.6. The number of hydrogen-bond donors (Lipinski definition) is 1. The zero-order valence-electron chi connectivity index (χ0n) is 10.3. The summed E-state index contributed by atoms with van der Waals surface area (Å²) in [5.74, 6) is 0.0971. The van der Waals surface area contributed by atoms with E-state index in [0.717, 1.165) is 26.2 Å². The zero-order chi connectivity index (χ0) is 13.6. The smallest absolute Gasteiger partial charge is 0.231 e. The number of carbonyl (C=O) groups excluding carboxylic acids is 1. The van der Waals surface area contributed by atoms with Crippen molar-refractivity contribution in [3.63, 3.8) is 0 Å². The molecule has 98 valence electrons. The highest BCUT2D eigenvalue weighted by molar-refractivity contribution is 9.11. The molecule has 3 nitrogen and oxygen atoms in total. The molecule has 0 saturated heterocycles. The van der Waals surface area contributed by atoms with Gasteiger partial charge in [-0.05, 0) is 50.1 Å². The van der Waals surface area contributed by atoms with E-state index in [-0.39, 0.29) is 5.91 Å². The van der Waals surface area contributed by atoms with Crippen molar-refractivity contribution >= 4 is 38.9 Å². The minimum atomic E-state index is -0.645. The molecule has 1 aliphatic heterocycles. The van der Waals surface area contributed by atoms with Crippen molar-refractivity contribution in [3.8, 4) is 0 Å². The van der Waals surface area contributed by atoms with Crippen LogP contribution in [0.2, 0.25) is 0 Å². The number of halogens is 1. The van der Waals surface area contributed by atoms with E-state index in [2.05, 4.69) is 15.9 Å². The fourth-order valence-corrected chi connectivity index (χ4v) is 3.51. The van der Waals surface area contributed by atoms with Crippen LogP contribution in [0, 0.1) is 0 Å². The number of fused-ring (bicyclic) bond motifs is 1. The van der Waals surface area contributed by atoms with Gasteiger partial charge in [0, 0.05) is 12.7 Å². The second-order valence-corrected chi connectivity index (χ2v) is 6.89. The van der Waals surface area contributed by atoms with Crippen molar-refractivity contribution in [2.75, 3.05) is 11.9 Å². The lowest BCUT2D eigenvalue weighted by Gasteiger charge is -2.13. The maximum absolute atomic E-state index is 11.6. The highest BCUT2D eigenvalue weighted by atomic mass is 79.9. The van der Waals surface area contributed by atoms with E-state index in [1.165, 1.54) is 0 Å². The number of rotatable bonds is 2. The molecule has 1 amide bonds. The predicted molar refractivity (Wildman–Crippen MR) is 79.6 cm³/mol. The van der Waals surface area contributed by atoms with E-state index in [1.807, 2.05) is 29.6 Å². The summed E-state index contributed by atoms with van der Waals surface area (Å²) in [7, 11) is 1.78. The second kappa shape index (κ2) is 4.74. The van der Waals surface area contributed by atoms with E-state index < -0.39 is 6.10 Å². The average molecular weight is 338 g/mol. The molecule has 0 bridgehead atoms. The first-order valence-electron chi connectivity index (χ1n) is 5.87. The van der Waals surface area contributed by atoms with E-state index in [1.54, 1.807) is 23.3 Å². The molecule has 0 radical (unpaired) electrons. The summed E-state index contributed by atoms with van der Waals surface area (Å²) in [6.45, 7) is 0. The van der Waals surface area contributed by atoms with Gasteiger partial charge in [0.25, 0.3) is 0 Å². The van der Waals surface area contributed by atoms with Crippen LogP contribution in [0.1, 0.15) is 22.8 Å². The van der Waals surface area contributed by atoms with Crippen LogP contribution < -0.4 is 4.90 Å². The van der Waals surface area contributed by atoms with Crippen LogP contribution in [0.4, 0.5) is 5.69 Å². The van der Waals surface area contributed by atoms with Crippen LogP contribution >= 0.6 is 27.3 Å². The number of likely N-dealkylation sites (N-methyl/N-ethyl adjacent to an activating group) is 1. The number of thiophene rings is 1. The van der Waals surface area contributed by atoms with Crippen molar-refractivity contribution in [1.82, 2.24) is 0 Å². The first-order chi connectivity index (χ1) is 9.06. The summed E-state index contributed by atoms with van der Waals surface area (Å²) in [5, 5.41) is 12.3. The van der Waals surface area contributed by atoms with Gasteiger partial charge in [-0.25, -0.2) is 0 Å². The Morgan fingerprint density at radius 2 is 2.16 bits per heavy atom. The molecule has 3 rings (SSSR count). The highest BCUT2D eigenvalue weighted by Crippen LogP contribution is 2.33. The fraction of sp³-hybridized carbons (Fsp3) is 0.214. The zero-order valence-corrected chi connectivity index (χ0v) is 12.7. The first-order valence-corrected chi connectivity index (χ1v) is 7.55. The number of benzene rings is 1. The van der Waals surface area contributed by atoms with Gasteiger partial charge in [0.1, 0.15) is 6.10 Å². The van der Waals surface area contributed by atoms with Crippen molar-refractivity contribution in [2.45, 2.75) is 12.5 Å². The third kappa shape index (κ3) is 2.22.